The second-order valence-corrected chi connectivity index (χ2v) is 6.25. The van der Waals surface area contributed by atoms with Crippen LogP contribution in [0.1, 0.15) is 31.8 Å². The summed E-state index contributed by atoms with van der Waals surface area (Å²) < 4.78 is 20.4. The number of methoxy groups -OCH3 is 4. The van der Waals surface area contributed by atoms with E-state index in [1.807, 2.05) is 0 Å². The molecule has 0 spiro atoms. The maximum atomic E-state index is 12.2. The Morgan fingerprint density at radius 2 is 1.10 bits per heavy atom. The zero-order valence-corrected chi connectivity index (χ0v) is 16.8. The molecular formula is C21H24O8. The van der Waals surface area contributed by atoms with Gasteiger partial charge in [-0.2, -0.15) is 0 Å². The van der Waals surface area contributed by atoms with Gasteiger partial charge >= 0.3 is 0 Å². The maximum absolute atomic E-state index is 12.2. The lowest BCUT2D eigenvalue weighted by atomic mass is 9.96. The van der Waals surface area contributed by atoms with E-state index in [9.17, 15) is 19.8 Å². The monoisotopic (exact) mass is 404 g/mol. The Balaban J connectivity index is 2.54. The zero-order chi connectivity index (χ0) is 21.6. The predicted octanol–water partition coefficient (Wildman–Crippen LogP) is 2.36. The van der Waals surface area contributed by atoms with Crippen molar-refractivity contribution in [2.24, 2.45) is 0 Å². The second-order valence-electron chi connectivity index (χ2n) is 6.25. The van der Waals surface area contributed by atoms with Crippen molar-refractivity contribution in [1.29, 1.82) is 0 Å². The first-order valence-electron chi connectivity index (χ1n) is 8.70. The van der Waals surface area contributed by atoms with Crippen molar-refractivity contribution in [1.82, 2.24) is 0 Å². The molecule has 0 aliphatic carbocycles. The average molecular weight is 404 g/mol. The summed E-state index contributed by atoms with van der Waals surface area (Å²) in [5.74, 6) is -0.500. The number of carbonyl (C=O) groups excluding carboxylic acids is 2. The van der Waals surface area contributed by atoms with Crippen LogP contribution in [0, 0.1) is 0 Å². The van der Waals surface area contributed by atoms with Gasteiger partial charge < -0.3 is 29.2 Å². The van der Waals surface area contributed by atoms with Crippen LogP contribution < -0.4 is 9.47 Å². The van der Waals surface area contributed by atoms with Crippen LogP contribution in [0.2, 0.25) is 0 Å². The lowest BCUT2D eigenvalue weighted by Crippen LogP contribution is -2.10. The molecule has 2 N–H and O–H groups in total. The van der Waals surface area contributed by atoms with Gasteiger partial charge in [0.25, 0.3) is 0 Å². The molecule has 0 fully saturated rings. The van der Waals surface area contributed by atoms with Crippen molar-refractivity contribution in [3.05, 3.63) is 46.5 Å². The van der Waals surface area contributed by atoms with E-state index in [1.54, 1.807) is 0 Å². The lowest BCUT2D eigenvalue weighted by Gasteiger charge is -2.15. The van der Waals surface area contributed by atoms with Gasteiger partial charge in [-0.1, -0.05) is 0 Å². The average Bonchev–Trinajstić information content (AvgIpc) is 2.69. The van der Waals surface area contributed by atoms with Crippen molar-refractivity contribution < 1.29 is 38.7 Å². The Morgan fingerprint density at radius 1 is 0.724 bits per heavy atom. The van der Waals surface area contributed by atoms with Crippen LogP contribution in [0.15, 0.2) is 24.3 Å². The largest absolute Gasteiger partial charge is 0.507 e. The van der Waals surface area contributed by atoms with E-state index in [-0.39, 0.29) is 53.8 Å². The van der Waals surface area contributed by atoms with Crippen molar-refractivity contribution in [2.75, 3.05) is 41.7 Å². The van der Waals surface area contributed by atoms with Gasteiger partial charge in [0.2, 0.25) is 0 Å². The van der Waals surface area contributed by atoms with Crippen LogP contribution in [0.5, 0.6) is 23.0 Å². The number of benzene rings is 2. The summed E-state index contributed by atoms with van der Waals surface area (Å²) in [6, 6.07) is 5.72. The SMILES string of the molecule is COCC(=O)c1cc(Cc2cc(C(=O)COC)c(O)cc2OC)c(OC)cc1O. The third-order valence-corrected chi connectivity index (χ3v) is 4.33. The van der Waals surface area contributed by atoms with E-state index < -0.39 is 0 Å². The molecule has 29 heavy (non-hydrogen) atoms. The number of ketones is 2. The Labute approximate surface area is 168 Å². The number of aromatic hydroxyl groups is 2. The Morgan fingerprint density at radius 3 is 1.41 bits per heavy atom. The molecular weight excluding hydrogens is 380 g/mol. The van der Waals surface area contributed by atoms with Gasteiger partial charge in [-0.05, 0) is 23.3 Å². The zero-order valence-electron chi connectivity index (χ0n) is 16.8. The molecule has 0 aliphatic rings. The molecule has 0 bridgehead atoms. The summed E-state index contributed by atoms with van der Waals surface area (Å²) in [6.07, 6.45) is 0.216. The van der Waals surface area contributed by atoms with Gasteiger partial charge in [-0.15, -0.1) is 0 Å². The number of hydrogen-bond acceptors (Lipinski definition) is 8. The van der Waals surface area contributed by atoms with Crippen LogP contribution in [0.3, 0.4) is 0 Å². The van der Waals surface area contributed by atoms with Gasteiger partial charge in [0.05, 0.1) is 25.3 Å². The molecule has 0 unspecified atom stereocenters. The highest BCUT2D eigenvalue weighted by molar-refractivity contribution is 6.00. The number of ether oxygens (including phenoxy) is 4. The fourth-order valence-electron chi connectivity index (χ4n) is 2.95. The van der Waals surface area contributed by atoms with Crippen molar-refractivity contribution in [2.45, 2.75) is 6.42 Å². The Hall–Kier alpha value is -3.10. The second kappa shape index (κ2) is 9.90. The number of hydrogen-bond donors (Lipinski definition) is 2. The minimum Gasteiger partial charge on any atom is -0.507 e. The summed E-state index contributed by atoms with van der Waals surface area (Å²) >= 11 is 0. The topological polar surface area (TPSA) is 112 Å². The molecule has 0 aliphatic heterocycles. The van der Waals surface area contributed by atoms with E-state index >= 15 is 0 Å². The number of phenolic OH excluding ortho intramolecular Hbond substituents is 2. The summed E-state index contributed by atoms with van der Waals surface area (Å²) in [5, 5.41) is 20.3. The van der Waals surface area contributed by atoms with Crippen molar-refractivity contribution >= 4 is 11.6 Å². The Bertz CT molecular complexity index is 831. The highest BCUT2D eigenvalue weighted by atomic mass is 16.5. The van der Waals surface area contributed by atoms with Crippen LogP contribution in [0.25, 0.3) is 0 Å². The van der Waals surface area contributed by atoms with Gasteiger partial charge in [0.1, 0.15) is 36.2 Å². The fourth-order valence-corrected chi connectivity index (χ4v) is 2.95. The molecule has 8 nitrogen and oxygen atoms in total. The molecule has 2 aromatic carbocycles. The summed E-state index contributed by atoms with van der Waals surface area (Å²) in [7, 11) is 5.66. The molecule has 0 amide bonds. The van der Waals surface area contributed by atoms with E-state index in [0.717, 1.165) is 0 Å². The summed E-state index contributed by atoms with van der Waals surface area (Å²) in [4.78, 5) is 24.4. The quantitative estimate of drug-likeness (QED) is 0.581. The van der Waals surface area contributed by atoms with E-state index in [0.29, 0.717) is 22.6 Å². The molecule has 0 saturated heterocycles. The fraction of sp³-hybridized carbons (Fsp3) is 0.333. The minimum absolute atomic E-state index is 0.0936. The summed E-state index contributed by atoms with van der Waals surface area (Å²) in [6.45, 7) is -0.366. The third-order valence-electron chi connectivity index (χ3n) is 4.33. The molecule has 156 valence electrons. The standard InChI is InChI=1S/C21H24O8/c1-26-10-18(24)14-6-12(20(28-3)8-16(14)22)5-13-7-15(19(25)11-27-2)17(23)9-21(13)29-4/h6-9,22-23H,5,10-11H2,1-4H3. The molecule has 0 atom stereocenters. The third kappa shape index (κ3) is 5.04. The van der Waals surface area contributed by atoms with Crippen molar-refractivity contribution in [3.63, 3.8) is 0 Å². The number of carbonyl (C=O) groups is 2. The smallest absolute Gasteiger partial charge is 0.192 e. The van der Waals surface area contributed by atoms with Crippen LogP contribution >= 0.6 is 0 Å². The van der Waals surface area contributed by atoms with Gasteiger partial charge in [0.15, 0.2) is 11.6 Å². The van der Waals surface area contributed by atoms with Gasteiger partial charge in [-0.3, -0.25) is 9.59 Å². The van der Waals surface area contributed by atoms with E-state index in [4.69, 9.17) is 18.9 Å². The molecule has 0 radical (unpaired) electrons. The number of Topliss-reactive ketones (excluding diaryl/α,β-unsaturated/α-hetero) is 2. The number of rotatable bonds is 10. The first-order chi connectivity index (χ1) is 13.9. The lowest BCUT2D eigenvalue weighted by molar-refractivity contribution is 0.0839. The minimum atomic E-state index is -0.387. The first kappa shape index (κ1) is 22.2. The predicted molar refractivity (Wildman–Crippen MR) is 105 cm³/mol. The highest BCUT2D eigenvalue weighted by Crippen LogP contribution is 2.35. The normalized spacial score (nSPS) is 10.6. The summed E-state index contributed by atoms with van der Waals surface area (Å²) in [5.41, 5.74) is 1.35. The highest BCUT2D eigenvalue weighted by Gasteiger charge is 2.20. The number of phenols is 2. The van der Waals surface area contributed by atoms with Gasteiger partial charge in [0, 0.05) is 32.8 Å². The first-order valence-corrected chi connectivity index (χ1v) is 8.70. The molecule has 2 aromatic rings. The molecule has 0 saturated carbocycles. The van der Waals surface area contributed by atoms with Gasteiger partial charge in [-0.25, -0.2) is 0 Å². The van der Waals surface area contributed by atoms with E-state index in [1.165, 1.54) is 52.7 Å². The Kier molecular flexibility index (Phi) is 7.58. The van der Waals surface area contributed by atoms with Crippen molar-refractivity contribution in [3.8, 4) is 23.0 Å². The van der Waals surface area contributed by atoms with Crippen LogP contribution in [0.4, 0.5) is 0 Å². The van der Waals surface area contributed by atoms with E-state index in [2.05, 4.69) is 0 Å². The van der Waals surface area contributed by atoms with Crippen LogP contribution in [-0.4, -0.2) is 63.4 Å². The molecule has 0 aromatic heterocycles. The molecule has 2 rings (SSSR count). The maximum Gasteiger partial charge on any atom is 0.192 e. The molecule has 0 heterocycles. The molecule has 8 heteroatoms. The van der Waals surface area contributed by atoms with Crippen LogP contribution in [-0.2, 0) is 15.9 Å².